The maximum Gasteiger partial charge on any atom is 0.246 e. The zero-order valence-electron chi connectivity index (χ0n) is 16.4. The number of thiophene rings is 1. The zero-order chi connectivity index (χ0) is 20.8. The Balaban J connectivity index is 1.71. The summed E-state index contributed by atoms with van der Waals surface area (Å²) in [5.41, 5.74) is 5.03. The largest absolute Gasteiger partial charge is 0.329 e. The maximum atomic E-state index is 12.4. The third-order valence-electron chi connectivity index (χ3n) is 5.54. The van der Waals surface area contributed by atoms with Crippen molar-refractivity contribution >= 4 is 38.9 Å². The molecule has 150 valence electrons. The quantitative estimate of drug-likeness (QED) is 0.406. The van der Waals surface area contributed by atoms with Gasteiger partial charge in [-0.2, -0.15) is 5.10 Å². The number of aromatic nitrogens is 3. The minimum Gasteiger partial charge on any atom is -0.329 e. The molecule has 4 aromatic rings. The lowest BCUT2D eigenvalue weighted by Gasteiger charge is -2.33. The van der Waals surface area contributed by atoms with E-state index in [1.807, 2.05) is 34.7 Å². The number of hydrogen-bond acceptors (Lipinski definition) is 4. The molecule has 4 heterocycles. The fraction of sp³-hybridized carbons (Fsp3) is 0.174. The van der Waals surface area contributed by atoms with Crippen LogP contribution >= 0.6 is 22.9 Å². The van der Waals surface area contributed by atoms with Crippen LogP contribution in [0.2, 0.25) is 4.34 Å². The summed E-state index contributed by atoms with van der Waals surface area (Å²) in [6.07, 6.45) is 4.94. The summed E-state index contributed by atoms with van der Waals surface area (Å²) in [5.74, 6) is -0.0631. The van der Waals surface area contributed by atoms with Gasteiger partial charge in [0.1, 0.15) is 5.69 Å². The first-order valence-corrected chi connectivity index (χ1v) is 10.9. The van der Waals surface area contributed by atoms with Gasteiger partial charge < -0.3 is 4.90 Å². The number of carbonyl (C=O) groups excluding carboxylic acids is 1. The van der Waals surface area contributed by atoms with Crippen LogP contribution in [0.25, 0.3) is 32.5 Å². The number of hydrogen-bond donors (Lipinski definition) is 0. The van der Waals surface area contributed by atoms with Crippen LogP contribution in [-0.2, 0) is 17.9 Å². The molecule has 0 saturated heterocycles. The Morgan fingerprint density at radius 3 is 2.80 bits per heavy atom. The molecule has 0 N–H and O–H groups in total. The predicted molar refractivity (Wildman–Crippen MR) is 121 cm³/mol. The SMILES string of the molecule is C=CC(=O)N1Cc2c(-c3ccncc3)c(-c3ccc4cc(Cl)sc4c3)nn2CC1C. The van der Waals surface area contributed by atoms with Crippen molar-refractivity contribution in [2.45, 2.75) is 26.1 Å². The van der Waals surface area contributed by atoms with Gasteiger partial charge in [0.05, 0.1) is 23.1 Å². The maximum absolute atomic E-state index is 12.4. The zero-order valence-corrected chi connectivity index (χ0v) is 18.0. The Morgan fingerprint density at radius 1 is 1.23 bits per heavy atom. The van der Waals surface area contributed by atoms with Gasteiger partial charge in [-0.15, -0.1) is 11.3 Å². The number of rotatable bonds is 3. The molecule has 1 aliphatic rings. The number of halogens is 1. The molecule has 7 heteroatoms. The highest BCUT2D eigenvalue weighted by Crippen LogP contribution is 2.39. The Hall–Kier alpha value is -2.96. The fourth-order valence-electron chi connectivity index (χ4n) is 4.06. The Labute approximate surface area is 183 Å². The second-order valence-corrected chi connectivity index (χ2v) is 9.13. The van der Waals surface area contributed by atoms with E-state index in [2.05, 4.69) is 29.8 Å². The van der Waals surface area contributed by atoms with E-state index in [1.165, 1.54) is 6.08 Å². The lowest BCUT2D eigenvalue weighted by molar-refractivity contribution is -0.129. The molecule has 5 nitrogen and oxygen atoms in total. The standard InChI is InChI=1S/C23H19ClN4OS/c1-3-21(29)27-13-18-22(15-6-8-25-9-7-15)23(26-28(18)12-14(27)2)17-5-4-16-11-20(24)30-19(16)10-17/h3-11,14H,1,12-13H2,2H3. The van der Waals surface area contributed by atoms with E-state index in [0.717, 1.165) is 42.5 Å². The molecule has 0 fully saturated rings. The molecule has 1 unspecified atom stereocenters. The van der Waals surface area contributed by atoms with E-state index >= 15 is 0 Å². The van der Waals surface area contributed by atoms with Crippen LogP contribution in [-0.4, -0.2) is 31.6 Å². The molecule has 30 heavy (non-hydrogen) atoms. The molecule has 1 atom stereocenters. The molecule has 1 aliphatic heterocycles. The first-order valence-electron chi connectivity index (χ1n) is 9.67. The van der Waals surface area contributed by atoms with E-state index in [9.17, 15) is 4.79 Å². The topological polar surface area (TPSA) is 51.0 Å². The van der Waals surface area contributed by atoms with Gasteiger partial charge in [0.25, 0.3) is 0 Å². The van der Waals surface area contributed by atoms with Crippen molar-refractivity contribution < 1.29 is 4.79 Å². The molecule has 3 aromatic heterocycles. The fourth-order valence-corrected chi connectivity index (χ4v) is 5.25. The van der Waals surface area contributed by atoms with Gasteiger partial charge in [0.15, 0.2) is 0 Å². The average Bonchev–Trinajstić information content (AvgIpc) is 3.31. The summed E-state index contributed by atoms with van der Waals surface area (Å²) >= 11 is 7.77. The van der Waals surface area contributed by atoms with Gasteiger partial charge in [0, 0.05) is 34.3 Å². The van der Waals surface area contributed by atoms with E-state index in [4.69, 9.17) is 16.7 Å². The van der Waals surface area contributed by atoms with Crippen molar-refractivity contribution in [1.82, 2.24) is 19.7 Å². The molecule has 1 amide bonds. The second kappa shape index (κ2) is 7.38. The van der Waals surface area contributed by atoms with Crippen LogP contribution in [0.5, 0.6) is 0 Å². The van der Waals surface area contributed by atoms with Crippen molar-refractivity contribution in [2.75, 3.05) is 0 Å². The average molecular weight is 435 g/mol. The minimum absolute atomic E-state index is 0.0413. The third kappa shape index (κ3) is 3.13. The molecule has 0 radical (unpaired) electrons. The second-order valence-electron chi connectivity index (χ2n) is 7.41. The van der Waals surface area contributed by atoms with Crippen molar-refractivity contribution in [1.29, 1.82) is 0 Å². The number of pyridine rings is 1. The van der Waals surface area contributed by atoms with E-state index < -0.39 is 0 Å². The number of fused-ring (bicyclic) bond motifs is 2. The van der Waals surface area contributed by atoms with Gasteiger partial charge in [-0.3, -0.25) is 14.5 Å². The van der Waals surface area contributed by atoms with Gasteiger partial charge in [-0.05, 0) is 48.2 Å². The summed E-state index contributed by atoms with van der Waals surface area (Å²) in [7, 11) is 0. The molecule has 0 aliphatic carbocycles. The molecule has 5 rings (SSSR count). The Morgan fingerprint density at radius 2 is 2.03 bits per heavy atom. The first-order chi connectivity index (χ1) is 14.5. The summed E-state index contributed by atoms with van der Waals surface area (Å²) in [4.78, 5) is 18.4. The molecule has 0 bridgehead atoms. The number of amides is 1. The lowest BCUT2D eigenvalue weighted by Crippen LogP contribution is -2.44. The van der Waals surface area contributed by atoms with Crippen molar-refractivity contribution in [3.8, 4) is 22.4 Å². The van der Waals surface area contributed by atoms with Crippen LogP contribution in [0.1, 0.15) is 12.6 Å². The lowest BCUT2D eigenvalue weighted by atomic mass is 9.98. The summed E-state index contributed by atoms with van der Waals surface area (Å²) in [6, 6.07) is 12.3. The van der Waals surface area contributed by atoms with Crippen LogP contribution in [0.15, 0.2) is 61.4 Å². The van der Waals surface area contributed by atoms with Crippen molar-refractivity contribution in [3.05, 3.63) is 71.5 Å². The van der Waals surface area contributed by atoms with Gasteiger partial charge in [-0.25, -0.2) is 0 Å². The molecular formula is C23H19ClN4OS. The smallest absolute Gasteiger partial charge is 0.246 e. The van der Waals surface area contributed by atoms with Crippen LogP contribution in [0, 0.1) is 0 Å². The highest BCUT2D eigenvalue weighted by atomic mass is 35.5. The molecular weight excluding hydrogens is 416 g/mol. The predicted octanol–water partition coefficient (Wildman–Crippen LogP) is 5.40. The minimum atomic E-state index is -0.0631. The van der Waals surface area contributed by atoms with Gasteiger partial charge in [0.2, 0.25) is 5.91 Å². The summed E-state index contributed by atoms with van der Waals surface area (Å²) in [5, 5.41) is 6.11. The number of carbonyl (C=O) groups is 1. The van der Waals surface area contributed by atoms with E-state index in [0.29, 0.717) is 13.1 Å². The highest BCUT2D eigenvalue weighted by molar-refractivity contribution is 7.22. The van der Waals surface area contributed by atoms with Crippen LogP contribution < -0.4 is 0 Å². The third-order valence-corrected chi connectivity index (χ3v) is 6.76. The Bertz CT molecular complexity index is 1280. The molecule has 0 spiro atoms. The van der Waals surface area contributed by atoms with E-state index in [1.54, 1.807) is 23.7 Å². The monoisotopic (exact) mass is 434 g/mol. The van der Waals surface area contributed by atoms with Crippen LogP contribution in [0.3, 0.4) is 0 Å². The first kappa shape index (κ1) is 19.0. The summed E-state index contributed by atoms with van der Waals surface area (Å²) in [6.45, 7) is 6.83. The number of benzene rings is 1. The summed E-state index contributed by atoms with van der Waals surface area (Å²) < 4.78 is 3.93. The Kier molecular flexibility index (Phi) is 4.68. The normalized spacial score (nSPS) is 15.9. The molecule has 1 aromatic carbocycles. The molecule has 0 saturated carbocycles. The van der Waals surface area contributed by atoms with Gasteiger partial charge in [-0.1, -0.05) is 30.3 Å². The highest BCUT2D eigenvalue weighted by Gasteiger charge is 2.31. The number of nitrogens with zero attached hydrogens (tertiary/aromatic N) is 4. The van der Waals surface area contributed by atoms with Crippen molar-refractivity contribution in [2.24, 2.45) is 0 Å². The van der Waals surface area contributed by atoms with E-state index in [-0.39, 0.29) is 11.9 Å². The van der Waals surface area contributed by atoms with Crippen LogP contribution in [0.4, 0.5) is 0 Å². The van der Waals surface area contributed by atoms with Crippen molar-refractivity contribution in [3.63, 3.8) is 0 Å². The van der Waals surface area contributed by atoms with Gasteiger partial charge >= 0.3 is 0 Å².